The van der Waals surface area contributed by atoms with Crippen LogP contribution in [-0.4, -0.2) is 16.5 Å². The average molecular weight is 325 g/mol. The third-order valence-corrected chi connectivity index (χ3v) is 3.57. The molecule has 0 spiro atoms. The van der Waals surface area contributed by atoms with Crippen LogP contribution in [0.4, 0.5) is 17.5 Å². The summed E-state index contributed by atoms with van der Waals surface area (Å²) in [6.07, 6.45) is 2.68. The van der Waals surface area contributed by atoms with Crippen molar-refractivity contribution in [2.45, 2.75) is 6.42 Å². The normalized spacial score (nSPS) is 10.3. The van der Waals surface area contributed by atoms with E-state index in [0.29, 0.717) is 11.0 Å². The number of rotatable bonds is 6. The van der Waals surface area contributed by atoms with Crippen molar-refractivity contribution in [3.8, 4) is 0 Å². The van der Waals surface area contributed by atoms with Crippen molar-refractivity contribution in [3.05, 3.63) is 77.4 Å². The fourth-order valence-corrected chi connectivity index (χ4v) is 2.29. The molecule has 4 nitrogen and oxygen atoms in total. The molecule has 0 aliphatic heterocycles. The maximum absolute atomic E-state index is 5.88. The molecule has 0 bridgehead atoms. The van der Waals surface area contributed by atoms with Gasteiger partial charge in [0, 0.05) is 23.5 Å². The maximum Gasteiger partial charge on any atom is 0.229 e. The Balaban J connectivity index is 1.57. The highest BCUT2D eigenvalue weighted by Crippen LogP contribution is 2.17. The lowest BCUT2D eigenvalue weighted by atomic mass is 10.1. The molecule has 0 aliphatic carbocycles. The summed E-state index contributed by atoms with van der Waals surface area (Å²) in [6.45, 7) is 0.821. The predicted molar refractivity (Wildman–Crippen MR) is 95.4 cm³/mol. The van der Waals surface area contributed by atoms with E-state index < -0.39 is 0 Å². The minimum atomic E-state index is 0.553. The zero-order valence-corrected chi connectivity index (χ0v) is 13.3. The van der Waals surface area contributed by atoms with Gasteiger partial charge in [-0.25, -0.2) is 4.98 Å². The minimum absolute atomic E-state index is 0.553. The third kappa shape index (κ3) is 4.69. The minimum Gasteiger partial charge on any atom is -0.370 e. The fourth-order valence-electron chi connectivity index (χ4n) is 2.16. The Morgan fingerprint density at radius 3 is 2.48 bits per heavy atom. The average Bonchev–Trinajstić information content (AvgIpc) is 2.58. The van der Waals surface area contributed by atoms with Crippen LogP contribution in [0.3, 0.4) is 0 Å². The van der Waals surface area contributed by atoms with E-state index in [4.69, 9.17) is 11.6 Å². The van der Waals surface area contributed by atoms with E-state index >= 15 is 0 Å². The van der Waals surface area contributed by atoms with Crippen molar-refractivity contribution in [1.29, 1.82) is 0 Å². The van der Waals surface area contributed by atoms with Gasteiger partial charge in [-0.2, -0.15) is 4.98 Å². The van der Waals surface area contributed by atoms with Crippen LogP contribution < -0.4 is 10.6 Å². The molecule has 1 aromatic heterocycles. The van der Waals surface area contributed by atoms with Crippen molar-refractivity contribution in [2.75, 3.05) is 17.2 Å². The van der Waals surface area contributed by atoms with Gasteiger partial charge in [0.25, 0.3) is 0 Å². The number of aromatic nitrogens is 2. The van der Waals surface area contributed by atoms with E-state index in [2.05, 4.69) is 32.7 Å². The van der Waals surface area contributed by atoms with Gasteiger partial charge in [-0.15, -0.1) is 0 Å². The second-order valence-corrected chi connectivity index (χ2v) is 5.50. The standard InChI is InChI=1S/C18H17ClN4/c19-15-6-8-16(9-7-15)22-18-21-13-11-17(23-18)20-12-10-14-4-2-1-3-5-14/h1-9,11,13H,10,12H2,(H2,20,21,22,23). The van der Waals surface area contributed by atoms with Crippen molar-refractivity contribution in [3.63, 3.8) is 0 Å². The van der Waals surface area contributed by atoms with Gasteiger partial charge in [-0.1, -0.05) is 41.9 Å². The third-order valence-electron chi connectivity index (χ3n) is 3.32. The molecule has 0 radical (unpaired) electrons. The van der Waals surface area contributed by atoms with E-state index in [1.807, 2.05) is 48.5 Å². The summed E-state index contributed by atoms with van der Waals surface area (Å²) in [5, 5.41) is 7.18. The molecule has 0 saturated heterocycles. The largest absolute Gasteiger partial charge is 0.370 e. The molecule has 116 valence electrons. The number of nitrogens with zero attached hydrogens (tertiary/aromatic N) is 2. The van der Waals surface area contributed by atoms with E-state index in [1.165, 1.54) is 5.56 Å². The molecule has 0 fully saturated rings. The van der Waals surface area contributed by atoms with Gasteiger partial charge in [0.05, 0.1) is 0 Å². The zero-order chi connectivity index (χ0) is 15.9. The van der Waals surface area contributed by atoms with Crippen LogP contribution in [0.15, 0.2) is 66.9 Å². The Bertz CT molecular complexity index is 744. The highest BCUT2D eigenvalue weighted by Gasteiger charge is 2.00. The zero-order valence-electron chi connectivity index (χ0n) is 12.5. The summed E-state index contributed by atoms with van der Waals surface area (Å²) in [5.74, 6) is 1.35. The lowest BCUT2D eigenvalue weighted by Crippen LogP contribution is -2.07. The lowest BCUT2D eigenvalue weighted by molar-refractivity contribution is 1.00. The van der Waals surface area contributed by atoms with E-state index in [-0.39, 0.29) is 0 Å². The quantitative estimate of drug-likeness (QED) is 0.699. The second-order valence-electron chi connectivity index (χ2n) is 5.06. The van der Waals surface area contributed by atoms with Crippen LogP contribution in [0.2, 0.25) is 5.02 Å². The van der Waals surface area contributed by atoms with Gasteiger partial charge in [-0.3, -0.25) is 0 Å². The first kappa shape index (κ1) is 15.3. The molecule has 0 unspecified atom stereocenters. The Hall–Kier alpha value is -2.59. The number of benzene rings is 2. The predicted octanol–water partition coefficient (Wildman–Crippen LogP) is 4.53. The van der Waals surface area contributed by atoms with E-state index in [9.17, 15) is 0 Å². The number of anilines is 3. The Kier molecular flexibility index (Phi) is 5.06. The van der Waals surface area contributed by atoms with Crippen molar-refractivity contribution >= 4 is 29.1 Å². The van der Waals surface area contributed by atoms with Crippen LogP contribution in [0.5, 0.6) is 0 Å². The first-order chi connectivity index (χ1) is 11.3. The Morgan fingerprint density at radius 2 is 1.70 bits per heavy atom. The molecule has 0 amide bonds. The molecule has 0 aliphatic rings. The molecular weight excluding hydrogens is 308 g/mol. The van der Waals surface area contributed by atoms with Crippen LogP contribution in [0.1, 0.15) is 5.56 Å². The smallest absolute Gasteiger partial charge is 0.229 e. The molecule has 0 saturated carbocycles. The van der Waals surface area contributed by atoms with Gasteiger partial charge in [-0.05, 0) is 42.3 Å². The van der Waals surface area contributed by atoms with Crippen LogP contribution in [0.25, 0.3) is 0 Å². The fraction of sp³-hybridized carbons (Fsp3) is 0.111. The first-order valence-electron chi connectivity index (χ1n) is 7.43. The summed E-state index contributed by atoms with van der Waals surface area (Å²) >= 11 is 5.88. The molecule has 23 heavy (non-hydrogen) atoms. The number of halogens is 1. The number of nitrogens with one attached hydrogen (secondary N) is 2. The van der Waals surface area contributed by atoms with Gasteiger partial charge >= 0.3 is 0 Å². The van der Waals surface area contributed by atoms with Crippen LogP contribution >= 0.6 is 11.6 Å². The molecule has 1 heterocycles. The summed E-state index contributed by atoms with van der Waals surface area (Å²) in [4.78, 5) is 8.68. The molecule has 5 heteroatoms. The summed E-state index contributed by atoms with van der Waals surface area (Å²) in [5.41, 5.74) is 2.20. The SMILES string of the molecule is Clc1ccc(Nc2nccc(NCCc3ccccc3)n2)cc1. The molecule has 3 aromatic rings. The second kappa shape index (κ2) is 7.61. The first-order valence-corrected chi connectivity index (χ1v) is 7.81. The van der Waals surface area contributed by atoms with E-state index in [0.717, 1.165) is 24.5 Å². The monoisotopic (exact) mass is 324 g/mol. The highest BCUT2D eigenvalue weighted by molar-refractivity contribution is 6.30. The summed E-state index contributed by atoms with van der Waals surface area (Å²) in [7, 11) is 0. The van der Waals surface area contributed by atoms with Crippen LogP contribution in [-0.2, 0) is 6.42 Å². The van der Waals surface area contributed by atoms with Gasteiger partial charge in [0.2, 0.25) is 5.95 Å². The highest BCUT2D eigenvalue weighted by atomic mass is 35.5. The molecule has 0 atom stereocenters. The lowest BCUT2D eigenvalue weighted by Gasteiger charge is -2.08. The molecule has 2 aromatic carbocycles. The summed E-state index contributed by atoms with van der Waals surface area (Å²) < 4.78 is 0. The van der Waals surface area contributed by atoms with Crippen LogP contribution in [0, 0.1) is 0 Å². The van der Waals surface area contributed by atoms with Gasteiger partial charge < -0.3 is 10.6 Å². The van der Waals surface area contributed by atoms with Gasteiger partial charge in [0.15, 0.2) is 0 Å². The van der Waals surface area contributed by atoms with E-state index in [1.54, 1.807) is 6.20 Å². The molecule has 3 rings (SSSR count). The van der Waals surface area contributed by atoms with Crippen molar-refractivity contribution in [1.82, 2.24) is 9.97 Å². The topological polar surface area (TPSA) is 49.8 Å². The Labute approximate surface area is 140 Å². The number of hydrogen-bond donors (Lipinski definition) is 2. The summed E-state index contributed by atoms with van der Waals surface area (Å²) in [6, 6.07) is 19.7. The maximum atomic E-state index is 5.88. The number of hydrogen-bond acceptors (Lipinski definition) is 4. The molecular formula is C18H17ClN4. The van der Waals surface area contributed by atoms with Gasteiger partial charge in [0.1, 0.15) is 5.82 Å². The Morgan fingerprint density at radius 1 is 0.913 bits per heavy atom. The van der Waals surface area contributed by atoms with Crippen molar-refractivity contribution < 1.29 is 0 Å². The molecule has 2 N–H and O–H groups in total. The van der Waals surface area contributed by atoms with Crippen molar-refractivity contribution in [2.24, 2.45) is 0 Å².